The summed E-state index contributed by atoms with van der Waals surface area (Å²) in [5, 5.41) is 0. The summed E-state index contributed by atoms with van der Waals surface area (Å²) in [7, 11) is -1.57. The average Bonchev–Trinajstić information content (AvgIpc) is 2.56. The highest BCUT2D eigenvalue weighted by molar-refractivity contribution is 7.92. The minimum Gasteiger partial charge on any atom is -0.337 e. The van der Waals surface area contributed by atoms with E-state index in [4.69, 9.17) is 0 Å². The van der Waals surface area contributed by atoms with E-state index in [1.807, 2.05) is 31.2 Å². The molecule has 6 heteroatoms. The van der Waals surface area contributed by atoms with Crippen LogP contribution in [0.3, 0.4) is 0 Å². The van der Waals surface area contributed by atoms with Crippen molar-refractivity contribution >= 4 is 21.6 Å². The Kier molecular flexibility index (Phi) is 5.85. The first-order chi connectivity index (χ1) is 11.7. The quantitative estimate of drug-likeness (QED) is 0.795. The first-order valence-electron chi connectivity index (χ1n) is 8.11. The fourth-order valence-electron chi connectivity index (χ4n) is 2.64. The van der Waals surface area contributed by atoms with Gasteiger partial charge in [-0.15, -0.1) is 0 Å². The van der Waals surface area contributed by atoms with E-state index in [1.165, 1.54) is 16.1 Å². The Hall–Kier alpha value is -2.34. The van der Waals surface area contributed by atoms with Gasteiger partial charge in [-0.05, 0) is 43.7 Å². The van der Waals surface area contributed by atoms with Crippen LogP contribution in [0.5, 0.6) is 0 Å². The summed E-state index contributed by atoms with van der Waals surface area (Å²) in [6, 6.07) is 14.7. The maximum Gasteiger partial charge on any atom is 0.253 e. The fourth-order valence-corrected chi connectivity index (χ4v) is 3.61. The molecule has 5 nitrogen and oxygen atoms in total. The third-order valence-electron chi connectivity index (χ3n) is 3.98. The van der Waals surface area contributed by atoms with Gasteiger partial charge in [0, 0.05) is 25.7 Å². The lowest BCUT2D eigenvalue weighted by atomic mass is 10.1. The van der Waals surface area contributed by atoms with Crippen LogP contribution in [-0.4, -0.2) is 39.1 Å². The molecule has 2 aromatic carbocycles. The van der Waals surface area contributed by atoms with Gasteiger partial charge in [0.15, 0.2) is 0 Å². The zero-order chi connectivity index (χ0) is 18.6. The van der Waals surface area contributed by atoms with Crippen LogP contribution in [0.25, 0.3) is 0 Å². The van der Waals surface area contributed by atoms with Gasteiger partial charge in [0.05, 0.1) is 11.9 Å². The summed E-state index contributed by atoms with van der Waals surface area (Å²) >= 11 is 0. The molecule has 0 spiro atoms. The smallest absolute Gasteiger partial charge is 0.253 e. The lowest BCUT2D eigenvalue weighted by molar-refractivity contribution is 0.0785. The number of amides is 1. The summed E-state index contributed by atoms with van der Waals surface area (Å²) in [5.41, 5.74) is 3.33. The van der Waals surface area contributed by atoms with Crippen molar-refractivity contribution in [2.24, 2.45) is 0 Å². The largest absolute Gasteiger partial charge is 0.337 e. The topological polar surface area (TPSA) is 57.7 Å². The van der Waals surface area contributed by atoms with Gasteiger partial charge in [-0.3, -0.25) is 9.10 Å². The Morgan fingerprint density at radius 1 is 1.00 bits per heavy atom. The summed E-state index contributed by atoms with van der Waals surface area (Å²) < 4.78 is 24.8. The second-order valence-electron chi connectivity index (χ2n) is 6.12. The second kappa shape index (κ2) is 7.70. The molecule has 0 radical (unpaired) electrons. The van der Waals surface area contributed by atoms with E-state index in [1.54, 1.807) is 43.1 Å². The van der Waals surface area contributed by atoms with Gasteiger partial charge in [0.2, 0.25) is 10.0 Å². The average molecular weight is 360 g/mol. The molecule has 1 amide bonds. The molecule has 134 valence electrons. The van der Waals surface area contributed by atoms with Gasteiger partial charge < -0.3 is 4.90 Å². The normalized spacial score (nSPS) is 11.2. The molecule has 0 fully saturated rings. The van der Waals surface area contributed by atoms with Crippen LogP contribution in [0.1, 0.15) is 28.4 Å². The van der Waals surface area contributed by atoms with Crippen LogP contribution >= 0.6 is 0 Å². The molecule has 0 aliphatic heterocycles. The molecule has 0 unspecified atom stereocenters. The third kappa shape index (κ3) is 4.82. The molecular formula is C19H24N2O3S. The van der Waals surface area contributed by atoms with Crippen LogP contribution in [-0.2, 0) is 16.6 Å². The van der Waals surface area contributed by atoms with Gasteiger partial charge in [-0.1, -0.05) is 29.8 Å². The van der Waals surface area contributed by atoms with Crippen molar-refractivity contribution in [2.75, 3.05) is 24.2 Å². The van der Waals surface area contributed by atoms with E-state index < -0.39 is 10.0 Å². The minimum atomic E-state index is -3.32. The van der Waals surface area contributed by atoms with E-state index in [0.29, 0.717) is 24.3 Å². The van der Waals surface area contributed by atoms with Crippen LogP contribution in [0.15, 0.2) is 48.5 Å². The molecule has 0 bridgehead atoms. The maximum absolute atomic E-state index is 12.6. The van der Waals surface area contributed by atoms with Crippen molar-refractivity contribution in [2.45, 2.75) is 20.4 Å². The highest BCUT2D eigenvalue weighted by Gasteiger charge is 2.17. The van der Waals surface area contributed by atoms with Crippen molar-refractivity contribution in [1.29, 1.82) is 0 Å². The zero-order valence-electron chi connectivity index (χ0n) is 15.1. The molecule has 0 atom stereocenters. The molecule has 0 heterocycles. The maximum atomic E-state index is 12.6. The molecule has 0 saturated heterocycles. The summed E-state index contributed by atoms with van der Waals surface area (Å²) in [6.07, 6.45) is 1.17. The standard InChI is InChI=1S/C19H24N2O3S/c1-5-21(25(4,23)24)18-12-10-17(11-13-18)19(22)20(3)14-16-8-6-15(2)7-9-16/h6-13H,5,14H2,1-4H3. The molecule has 0 saturated carbocycles. The van der Waals surface area contributed by atoms with E-state index in [-0.39, 0.29) is 5.91 Å². The van der Waals surface area contributed by atoms with Gasteiger partial charge in [-0.25, -0.2) is 8.42 Å². The Bertz CT molecular complexity index is 828. The molecule has 2 aromatic rings. The first kappa shape index (κ1) is 19.0. The third-order valence-corrected chi connectivity index (χ3v) is 5.25. The predicted octanol–water partition coefficient (Wildman–Crippen LogP) is 3.05. The second-order valence-corrected chi connectivity index (χ2v) is 8.03. The van der Waals surface area contributed by atoms with Gasteiger partial charge in [-0.2, -0.15) is 0 Å². The summed E-state index contributed by atoms with van der Waals surface area (Å²) in [6.45, 7) is 4.66. The number of carbonyl (C=O) groups excluding carboxylic acids is 1. The van der Waals surface area contributed by atoms with Crippen molar-refractivity contribution in [3.8, 4) is 0 Å². The number of aryl methyl sites for hydroxylation is 1. The minimum absolute atomic E-state index is 0.102. The summed E-state index contributed by atoms with van der Waals surface area (Å²) in [5.74, 6) is -0.102. The highest BCUT2D eigenvalue weighted by atomic mass is 32.2. The van der Waals surface area contributed by atoms with E-state index in [0.717, 1.165) is 5.56 Å². The number of hydrogen-bond acceptors (Lipinski definition) is 3. The monoisotopic (exact) mass is 360 g/mol. The summed E-state index contributed by atoms with van der Waals surface area (Å²) in [4.78, 5) is 14.2. The predicted molar refractivity (Wildman–Crippen MR) is 101 cm³/mol. The van der Waals surface area contributed by atoms with Crippen LogP contribution in [0, 0.1) is 6.92 Å². The highest BCUT2D eigenvalue weighted by Crippen LogP contribution is 2.19. The van der Waals surface area contributed by atoms with Crippen LogP contribution < -0.4 is 4.31 Å². The van der Waals surface area contributed by atoms with Gasteiger partial charge in [0.1, 0.15) is 0 Å². The number of sulfonamides is 1. The molecule has 0 aliphatic rings. The van der Waals surface area contributed by atoms with Crippen molar-refractivity contribution in [1.82, 2.24) is 4.90 Å². The van der Waals surface area contributed by atoms with Gasteiger partial charge >= 0.3 is 0 Å². The molecule has 25 heavy (non-hydrogen) atoms. The van der Waals surface area contributed by atoms with Crippen LogP contribution in [0.4, 0.5) is 5.69 Å². The molecule has 0 aliphatic carbocycles. The van der Waals surface area contributed by atoms with Crippen molar-refractivity contribution in [3.63, 3.8) is 0 Å². The number of rotatable bonds is 6. The number of anilines is 1. The number of benzene rings is 2. The van der Waals surface area contributed by atoms with E-state index in [2.05, 4.69) is 0 Å². The number of nitrogens with zero attached hydrogens (tertiary/aromatic N) is 2. The van der Waals surface area contributed by atoms with Crippen molar-refractivity contribution < 1.29 is 13.2 Å². The Labute approximate surface area is 149 Å². The first-order valence-corrected chi connectivity index (χ1v) is 9.96. The van der Waals surface area contributed by atoms with Crippen molar-refractivity contribution in [3.05, 3.63) is 65.2 Å². The molecule has 2 rings (SSSR count). The Balaban J connectivity index is 2.12. The van der Waals surface area contributed by atoms with E-state index >= 15 is 0 Å². The molecule has 0 N–H and O–H groups in total. The zero-order valence-corrected chi connectivity index (χ0v) is 15.9. The number of carbonyl (C=O) groups is 1. The Morgan fingerprint density at radius 2 is 1.56 bits per heavy atom. The lowest BCUT2D eigenvalue weighted by Gasteiger charge is -2.21. The van der Waals surface area contributed by atoms with Gasteiger partial charge in [0.25, 0.3) is 5.91 Å². The fraction of sp³-hybridized carbons (Fsp3) is 0.316. The van der Waals surface area contributed by atoms with E-state index in [9.17, 15) is 13.2 Å². The SMILES string of the molecule is CCN(c1ccc(C(=O)N(C)Cc2ccc(C)cc2)cc1)S(C)(=O)=O. The molecular weight excluding hydrogens is 336 g/mol. The number of hydrogen-bond donors (Lipinski definition) is 0. The lowest BCUT2D eigenvalue weighted by Crippen LogP contribution is -2.29. The van der Waals surface area contributed by atoms with Crippen LogP contribution in [0.2, 0.25) is 0 Å². The Morgan fingerprint density at radius 3 is 2.04 bits per heavy atom. The molecule has 0 aromatic heterocycles.